The van der Waals surface area contributed by atoms with E-state index in [0.29, 0.717) is 6.54 Å². The van der Waals surface area contributed by atoms with Crippen LogP contribution in [-0.4, -0.2) is 23.4 Å². The van der Waals surface area contributed by atoms with E-state index < -0.39 is 11.6 Å². The number of carbonyl (C=O) groups excluding carboxylic acids is 1. The molecule has 4 heteroatoms. The molecule has 0 spiro atoms. The highest BCUT2D eigenvalue weighted by Crippen LogP contribution is 2.29. The molecule has 1 aromatic rings. The molecular formula is C14H17F2NO. The molecule has 1 aliphatic rings. The van der Waals surface area contributed by atoms with Gasteiger partial charge in [-0.15, -0.1) is 0 Å². The minimum atomic E-state index is -1.04. The van der Waals surface area contributed by atoms with Crippen LogP contribution in [0.15, 0.2) is 18.2 Å². The fraction of sp³-hybridized carbons (Fsp3) is 0.500. The topological polar surface area (TPSA) is 20.3 Å². The number of amides is 1. The lowest BCUT2D eigenvalue weighted by Gasteiger charge is -2.22. The molecule has 0 unspecified atom stereocenters. The van der Waals surface area contributed by atoms with Gasteiger partial charge < -0.3 is 4.90 Å². The smallest absolute Gasteiger partial charge is 0.257 e. The maximum absolute atomic E-state index is 13.6. The van der Waals surface area contributed by atoms with E-state index in [1.165, 1.54) is 12.1 Å². The number of halogens is 2. The molecule has 0 saturated heterocycles. The zero-order chi connectivity index (χ0) is 13.1. The van der Waals surface area contributed by atoms with E-state index in [1.54, 1.807) is 4.90 Å². The van der Waals surface area contributed by atoms with Gasteiger partial charge in [-0.1, -0.05) is 19.4 Å². The summed E-state index contributed by atoms with van der Waals surface area (Å²) in [5, 5.41) is 0. The number of nitrogens with zero attached hydrogens (tertiary/aromatic N) is 1. The summed E-state index contributed by atoms with van der Waals surface area (Å²) in [6.07, 6.45) is 3.79. The first-order valence-electron chi connectivity index (χ1n) is 6.40. The lowest BCUT2D eigenvalue weighted by molar-refractivity contribution is 0.0735. The third-order valence-corrected chi connectivity index (χ3v) is 3.18. The summed E-state index contributed by atoms with van der Waals surface area (Å²) >= 11 is 0. The number of unbranched alkanes of at least 4 members (excludes halogenated alkanes) is 1. The van der Waals surface area contributed by atoms with E-state index >= 15 is 0 Å². The van der Waals surface area contributed by atoms with Gasteiger partial charge in [0, 0.05) is 12.6 Å². The molecule has 0 aromatic heterocycles. The van der Waals surface area contributed by atoms with Crippen molar-refractivity contribution >= 4 is 5.91 Å². The van der Waals surface area contributed by atoms with Gasteiger partial charge in [-0.2, -0.15) is 0 Å². The lowest BCUT2D eigenvalue weighted by atomic mass is 10.1. The molecule has 2 rings (SSSR count). The quantitative estimate of drug-likeness (QED) is 0.787. The second-order valence-electron chi connectivity index (χ2n) is 4.68. The molecule has 98 valence electrons. The Morgan fingerprint density at radius 3 is 2.72 bits per heavy atom. The highest BCUT2D eigenvalue weighted by atomic mass is 19.2. The molecule has 0 atom stereocenters. The predicted octanol–water partition coefficient (Wildman–Crippen LogP) is 3.37. The SMILES string of the molecule is CCCCN(C(=O)c1cccc(F)c1F)C1CC1. The van der Waals surface area contributed by atoms with Gasteiger partial charge in [0.05, 0.1) is 5.56 Å². The molecule has 18 heavy (non-hydrogen) atoms. The summed E-state index contributed by atoms with van der Waals surface area (Å²) in [4.78, 5) is 13.9. The Bertz CT molecular complexity index is 443. The van der Waals surface area contributed by atoms with E-state index in [9.17, 15) is 13.6 Å². The Labute approximate surface area is 106 Å². The van der Waals surface area contributed by atoms with Crippen LogP contribution in [0.5, 0.6) is 0 Å². The third-order valence-electron chi connectivity index (χ3n) is 3.18. The minimum absolute atomic E-state index is 0.155. The Balaban J connectivity index is 2.19. The van der Waals surface area contributed by atoms with Crippen LogP contribution >= 0.6 is 0 Å². The van der Waals surface area contributed by atoms with E-state index in [0.717, 1.165) is 31.7 Å². The van der Waals surface area contributed by atoms with Crippen molar-refractivity contribution in [1.29, 1.82) is 0 Å². The summed E-state index contributed by atoms with van der Waals surface area (Å²) < 4.78 is 26.7. The first-order chi connectivity index (χ1) is 8.65. The molecule has 1 aliphatic carbocycles. The maximum atomic E-state index is 13.6. The fourth-order valence-corrected chi connectivity index (χ4v) is 1.99. The van der Waals surface area contributed by atoms with Crippen LogP contribution in [-0.2, 0) is 0 Å². The van der Waals surface area contributed by atoms with Crippen LogP contribution in [0.25, 0.3) is 0 Å². The van der Waals surface area contributed by atoms with Crippen LogP contribution in [0.2, 0.25) is 0 Å². The zero-order valence-electron chi connectivity index (χ0n) is 10.5. The average Bonchev–Trinajstić information content (AvgIpc) is 3.17. The Morgan fingerprint density at radius 1 is 1.39 bits per heavy atom. The standard InChI is InChI=1S/C14H17F2NO/c1-2-3-9-17(10-7-8-10)14(18)11-5-4-6-12(15)13(11)16/h4-6,10H,2-3,7-9H2,1H3. The second-order valence-corrected chi connectivity index (χ2v) is 4.68. The van der Waals surface area contributed by atoms with Gasteiger partial charge in [0.25, 0.3) is 5.91 Å². The summed E-state index contributed by atoms with van der Waals surface area (Å²) in [5.41, 5.74) is -0.155. The van der Waals surface area contributed by atoms with Gasteiger partial charge in [0.15, 0.2) is 11.6 Å². The number of benzene rings is 1. The van der Waals surface area contributed by atoms with Crippen molar-refractivity contribution in [3.05, 3.63) is 35.4 Å². The molecule has 1 amide bonds. The number of hydrogen-bond acceptors (Lipinski definition) is 1. The zero-order valence-corrected chi connectivity index (χ0v) is 10.5. The van der Waals surface area contributed by atoms with E-state index in [-0.39, 0.29) is 17.5 Å². The van der Waals surface area contributed by atoms with E-state index in [1.807, 2.05) is 6.92 Å². The predicted molar refractivity (Wildman–Crippen MR) is 65.3 cm³/mol. The van der Waals surface area contributed by atoms with Gasteiger partial charge in [-0.3, -0.25) is 4.79 Å². The van der Waals surface area contributed by atoms with Crippen molar-refractivity contribution in [3.8, 4) is 0 Å². The van der Waals surface area contributed by atoms with Crippen molar-refractivity contribution in [2.75, 3.05) is 6.54 Å². The highest BCUT2D eigenvalue weighted by Gasteiger charge is 2.33. The highest BCUT2D eigenvalue weighted by molar-refractivity contribution is 5.94. The molecule has 0 heterocycles. The van der Waals surface area contributed by atoms with Crippen LogP contribution < -0.4 is 0 Å². The van der Waals surface area contributed by atoms with Gasteiger partial charge in [0.1, 0.15) is 0 Å². The van der Waals surface area contributed by atoms with Gasteiger partial charge >= 0.3 is 0 Å². The third kappa shape index (κ3) is 2.68. The molecule has 0 N–H and O–H groups in total. The summed E-state index contributed by atoms with van der Waals surface area (Å²) in [6.45, 7) is 2.66. The van der Waals surface area contributed by atoms with Gasteiger partial charge in [0.2, 0.25) is 0 Å². The Hall–Kier alpha value is -1.45. The van der Waals surface area contributed by atoms with Crippen LogP contribution in [0, 0.1) is 11.6 Å². The van der Waals surface area contributed by atoms with E-state index in [4.69, 9.17) is 0 Å². The molecule has 1 fully saturated rings. The van der Waals surface area contributed by atoms with Crippen molar-refractivity contribution in [2.24, 2.45) is 0 Å². The number of rotatable bonds is 5. The normalized spacial score (nSPS) is 14.6. The second kappa shape index (κ2) is 5.46. The lowest BCUT2D eigenvalue weighted by Crippen LogP contribution is -2.34. The summed E-state index contributed by atoms with van der Waals surface area (Å²) in [6, 6.07) is 3.96. The number of carbonyl (C=O) groups is 1. The average molecular weight is 253 g/mol. The van der Waals surface area contributed by atoms with Gasteiger partial charge in [-0.05, 0) is 31.4 Å². The van der Waals surface area contributed by atoms with Crippen LogP contribution in [0.4, 0.5) is 8.78 Å². The Kier molecular flexibility index (Phi) is 3.94. The maximum Gasteiger partial charge on any atom is 0.257 e. The first-order valence-corrected chi connectivity index (χ1v) is 6.40. The first kappa shape index (κ1) is 13.0. The minimum Gasteiger partial charge on any atom is -0.336 e. The monoisotopic (exact) mass is 253 g/mol. The van der Waals surface area contributed by atoms with Crippen molar-refractivity contribution < 1.29 is 13.6 Å². The largest absolute Gasteiger partial charge is 0.336 e. The summed E-state index contributed by atoms with van der Waals surface area (Å²) in [7, 11) is 0. The molecule has 0 bridgehead atoms. The van der Waals surface area contributed by atoms with Crippen molar-refractivity contribution in [3.63, 3.8) is 0 Å². The molecule has 2 nitrogen and oxygen atoms in total. The molecule has 1 aromatic carbocycles. The fourth-order valence-electron chi connectivity index (χ4n) is 1.99. The van der Waals surface area contributed by atoms with Crippen LogP contribution in [0.1, 0.15) is 43.0 Å². The molecule has 1 saturated carbocycles. The van der Waals surface area contributed by atoms with Gasteiger partial charge in [-0.25, -0.2) is 8.78 Å². The Morgan fingerprint density at radius 2 is 2.11 bits per heavy atom. The van der Waals surface area contributed by atoms with Crippen molar-refractivity contribution in [1.82, 2.24) is 4.90 Å². The van der Waals surface area contributed by atoms with Crippen molar-refractivity contribution in [2.45, 2.75) is 38.6 Å². The molecular weight excluding hydrogens is 236 g/mol. The summed E-state index contributed by atoms with van der Waals surface area (Å²) in [5.74, 6) is -2.39. The van der Waals surface area contributed by atoms with E-state index in [2.05, 4.69) is 0 Å². The molecule has 0 aliphatic heterocycles. The molecule has 0 radical (unpaired) electrons. The number of hydrogen-bond donors (Lipinski definition) is 0. The van der Waals surface area contributed by atoms with Crippen LogP contribution in [0.3, 0.4) is 0 Å².